The summed E-state index contributed by atoms with van der Waals surface area (Å²) in [7, 11) is 2.06. The Kier molecular flexibility index (Phi) is 5.62. The topological polar surface area (TPSA) is 21.3 Å². The number of benzene rings is 1. The Morgan fingerprint density at radius 3 is 2.70 bits per heavy atom. The summed E-state index contributed by atoms with van der Waals surface area (Å²) in [6.07, 6.45) is 6.29. The maximum absolute atomic E-state index is 6.18. The third-order valence-electron chi connectivity index (χ3n) is 4.49. The summed E-state index contributed by atoms with van der Waals surface area (Å²) in [4.78, 5) is 0. The Morgan fingerprint density at radius 1 is 1.25 bits per heavy atom. The highest BCUT2D eigenvalue weighted by atomic mass is 16.5. The first-order chi connectivity index (χ1) is 9.61. The summed E-state index contributed by atoms with van der Waals surface area (Å²) in [5.41, 5.74) is 1.84. The zero-order chi connectivity index (χ0) is 14.4. The minimum absolute atomic E-state index is 0.375. The molecule has 2 heteroatoms. The maximum Gasteiger partial charge on any atom is 0.0733 e. The van der Waals surface area contributed by atoms with E-state index in [9.17, 15) is 0 Å². The molecule has 0 saturated heterocycles. The Hall–Kier alpha value is -0.860. The first kappa shape index (κ1) is 15.5. The monoisotopic (exact) mass is 275 g/mol. The first-order valence-corrected chi connectivity index (χ1v) is 7.93. The van der Waals surface area contributed by atoms with Crippen LogP contribution >= 0.6 is 0 Å². The summed E-state index contributed by atoms with van der Waals surface area (Å²) in [5.74, 6) is 0. The number of hydrogen-bond acceptors (Lipinski definition) is 2. The van der Waals surface area contributed by atoms with Crippen molar-refractivity contribution in [1.29, 1.82) is 0 Å². The van der Waals surface area contributed by atoms with Crippen LogP contribution in [-0.4, -0.2) is 25.8 Å². The molecular formula is C18H29NO. The van der Waals surface area contributed by atoms with E-state index in [0.29, 0.717) is 17.6 Å². The summed E-state index contributed by atoms with van der Waals surface area (Å²) < 4.78 is 6.18. The van der Waals surface area contributed by atoms with E-state index in [1.807, 2.05) is 0 Å². The Balaban J connectivity index is 1.74. The number of ether oxygens (including phenoxy) is 1. The van der Waals surface area contributed by atoms with Crippen LogP contribution in [0.1, 0.15) is 45.1 Å². The van der Waals surface area contributed by atoms with E-state index in [1.165, 1.54) is 24.8 Å². The highest BCUT2D eigenvalue weighted by Crippen LogP contribution is 2.36. The van der Waals surface area contributed by atoms with Gasteiger partial charge in [-0.3, -0.25) is 0 Å². The second-order valence-corrected chi connectivity index (χ2v) is 6.80. The zero-order valence-electron chi connectivity index (χ0n) is 13.2. The van der Waals surface area contributed by atoms with E-state index in [2.05, 4.69) is 56.5 Å². The highest BCUT2D eigenvalue weighted by Gasteiger charge is 2.34. The molecule has 0 spiro atoms. The lowest BCUT2D eigenvalue weighted by atomic mass is 9.74. The van der Waals surface area contributed by atoms with Gasteiger partial charge >= 0.3 is 0 Å². The Labute approximate surface area is 123 Å². The van der Waals surface area contributed by atoms with Gasteiger partial charge in [0.15, 0.2) is 0 Å². The Morgan fingerprint density at radius 2 is 2.00 bits per heavy atom. The van der Waals surface area contributed by atoms with Crippen LogP contribution in [0.2, 0.25) is 0 Å². The fraction of sp³-hybridized carbons (Fsp3) is 0.667. The van der Waals surface area contributed by atoms with Crippen molar-refractivity contribution in [2.45, 2.75) is 58.1 Å². The number of rotatable bonds is 6. The van der Waals surface area contributed by atoms with E-state index in [4.69, 9.17) is 4.74 Å². The van der Waals surface area contributed by atoms with Crippen LogP contribution in [0.4, 0.5) is 0 Å². The fourth-order valence-electron chi connectivity index (χ4n) is 3.18. The largest absolute Gasteiger partial charge is 0.377 e. The van der Waals surface area contributed by atoms with Crippen molar-refractivity contribution < 1.29 is 4.74 Å². The molecule has 112 valence electrons. The standard InChI is InChI=1S/C18H29NO/c1-18(2)12-11-16(19-3)17(14-18)20-13-7-10-15-8-5-4-6-9-15/h4-6,8-9,16-17,19H,7,10-14H2,1-3H3. The lowest BCUT2D eigenvalue weighted by Crippen LogP contribution is -2.46. The number of likely N-dealkylation sites (N-methyl/N-ethyl adjacent to an activating group) is 1. The summed E-state index contributed by atoms with van der Waals surface area (Å²) >= 11 is 0. The average Bonchev–Trinajstić information content (AvgIpc) is 2.44. The van der Waals surface area contributed by atoms with Crippen LogP contribution in [0.15, 0.2) is 30.3 Å². The van der Waals surface area contributed by atoms with Gasteiger partial charge in [0.05, 0.1) is 6.10 Å². The quantitative estimate of drug-likeness (QED) is 0.797. The molecule has 1 aliphatic rings. The van der Waals surface area contributed by atoms with Crippen LogP contribution < -0.4 is 5.32 Å². The molecule has 0 heterocycles. The van der Waals surface area contributed by atoms with Gasteiger partial charge in [-0.25, -0.2) is 0 Å². The average molecular weight is 275 g/mol. The van der Waals surface area contributed by atoms with Gasteiger partial charge in [0.2, 0.25) is 0 Å². The molecule has 0 radical (unpaired) electrons. The molecular weight excluding hydrogens is 246 g/mol. The van der Waals surface area contributed by atoms with Crippen molar-refractivity contribution >= 4 is 0 Å². The van der Waals surface area contributed by atoms with E-state index in [1.54, 1.807) is 0 Å². The van der Waals surface area contributed by atoms with Crippen LogP contribution in [0.5, 0.6) is 0 Å². The molecule has 0 aliphatic heterocycles. The molecule has 1 saturated carbocycles. The SMILES string of the molecule is CNC1CCC(C)(C)CC1OCCCc1ccccc1. The lowest BCUT2D eigenvalue weighted by Gasteiger charge is -2.40. The molecule has 1 N–H and O–H groups in total. The Bertz CT molecular complexity index is 388. The number of hydrogen-bond donors (Lipinski definition) is 1. The van der Waals surface area contributed by atoms with Gasteiger partial charge in [-0.1, -0.05) is 44.2 Å². The predicted molar refractivity (Wildman–Crippen MR) is 85.0 cm³/mol. The molecule has 0 bridgehead atoms. The van der Waals surface area contributed by atoms with Crippen molar-refractivity contribution in [3.8, 4) is 0 Å². The van der Waals surface area contributed by atoms with Crippen LogP contribution in [0.25, 0.3) is 0 Å². The summed E-state index contributed by atoms with van der Waals surface area (Å²) in [5, 5.41) is 3.43. The van der Waals surface area contributed by atoms with Crippen LogP contribution in [0, 0.1) is 5.41 Å². The van der Waals surface area contributed by atoms with Gasteiger partial charge in [-0.2, -0.15) is 0 Å². The van der Waals surface area contributed by atoms with Crippen molar-refractivity contribution in [1.82, 2.24) is 5.32 Å². The second-order valence-electron chi connectivity index (χ2n) is 6.80. The molecule has 1 aromatic rings. The molecule has 2 unspecified atom stereocenters. The van der Waals surface area contributed by atoms with Crippen molar-refractivity contribution in [3.63, 3.8) is 0 Å². The highest BCUT2D eigenvalue weighted by molar-refractivity contribution is 5.14. The van der Waals surface area contributed by atoms with Crippen molar-refractivity contribution in [2.24, 2.45) is 5.41 Å². The van der Waals surface area contributed by atoms with E-state index >= 15 is 0 Å². The second kappa shape index (κ2) is 7.24. The number of nitrogens with one attached hydrogen (secondary N) is 1. The first-order valence-electron chi connectivity index (χ1n) is 7.93. The smallest absolute Gasteiger partial charge is 0.0733 e. The predicted octanol–water partition coefficient (Wildman–Crippen LogP) is 3.80. The lowest BCUT2D eigenvalue weighted by molar-refractivity contribution is -0.0271. The molecule has 0 aromatic heterocycles. The maximum atomic E-state index is 6.18. The van der Waals surface area contributed by atoms with Crippen LogP contribution in [-0.2, 0) is 11.2 Å². The van der Waals surface area contributed by atoms with E-state index in [-0.39, 0.29) is 0 Å². The molecule has 1 aliphatic carbocycles. The van der Waals surface area contributed by atoms with Crippen molar-refractivity contribution in [2.75, 3.05) is 13.7 Å². The van der Waals surface area contributed by atoms with Crippen molar-refractivity contribution in [3.05, 3.63) is 35.9 Å². The van der Waals surface area contributed by atoms with Gasteiger partial charge < -0.3 is 10.1 Å². The van der Waals surface area contributed by atoms with Gasteiger partial charge in [0, 0.05) is 12.6 Å². The van der Waals surface area contributed by atoms with E-state index in [0.717, 1.165) is 19.4 Å². The number of aryl methyl sites for hydroxylation is 1. The third kappa shape index (κ3) is 4.60. The minimum atomic E-state index is 0.375. The van der Waals surface area contributed by atoms with Gasteiger partial charge in [0.25, 0.3) is 0 Å². The molecule has 2 atom stereocenters. The minimum Gasteiger partial charge on any atom is -0.377 e. The molecule has 1 aromatic carbocycles. The normalized spacial score (nSPS) is 25.6. The van der Waals surface area contributed by atoms with E-state index < -0.39 is 0 Å². The molecule has 1 fully saturated rings. The molecule has 0 amide bonds. The summed E-state index contributed by atoms with van der Waals surface area (Å²) in [6.45, 7) is 5.59. The van der Waals surface area contributed by atoms with Gasteiger partial charge in [-0.15, -0.1) is 0 Å². The summed E-state index contributed by atoms with van der Waals surface area (Å²) in [6, 6.07) is 11.2. The van der Waals surface area contributed by atoms with Gasteiger partial charge in [-0.05, 0) is 50.1 Å². The van der Waals surface area contributed by atoms with Gasteiger partial charge in [0.1, 0.15) is 0 Å². The third-order valence-corrected chi connectivity index (χ3v) is 4.49. The molecule has 2 rings (SSSR count). The zero-order valence-corrected chi connectivity index (χ0v) is 13.2. The van der Waals surface area contributed by atoms with Crippen LogP contribution in [0.3, 0.4) is 0 Å². The molecule has 2 nitrogen and oxygen atoms in total. The fourth-order valence-corrected chi connectivity index (χ4v) is 3.18. The molecule has 20 heavy (non-hydrogen) atoms.